The molecule has 0 saturated carbocycles. The summed E-state index contributed by atoms with van der Waals surface area (Å²) in [6, 6.07) is 0. The van der Waals surface area contributed by atoms with Gasteiger partial charge in [-0.05, 0) is 6.92 Å². The Hall–Kier alpha value is 0.832. The number of carbonyl (C=O) groups excluding carboxylic acids is 1. The minimum atomic E-state index is -0.742. The molecule has 0 aromatic rings. The average Bonchev–Trinajstić information content (AvgIpc) is 1.84. The second kappa shape index (κ2) is 9.83. The number of rotatable bonds is 1. The van der Waals surface area contributed by atoms with Gasteiger partial charge in [-0.25, -0.2) is 4.79 Å². The number of halogens is 1. The van der Waals surface area contributed by atoms with Crippen molar-refractivity contribution in [3.8, 4) is 0 Å². The molecule has 1 N–H and O–H groups in total. The first kappa shape index (κ1) is 17.1. The molecule has 0 aliphatic heterocycles. The number of carbonyl (C=O) groups is 1. The van der Waals surface area contributed by atoms with E-state index in [1.807, 2.05) is 0 Å². The molecule has 0 atom stereocenters. The van der Waals surface area contributed by atoms with Gasteiger partial charge in [-0.1, -0.05) is 0 Å². The summed E-state index contributed by atoms with van der Waals surface area (Å²) in [5.41, 5.74) is 0.0694. The summed E-state index contributed by atoms with van der Waals surface area (Å²) in [7, 11) is 0. The third-order valence-corrected chi connectivity index (χ3v) is 0.726. The van der Waals surface area contributed by atoms with Crippen LogP contribution in [-0.2, 0) is 9.08 Å². The standard InChI is InChI=1S/C4H5ClO3.Al.Na.4H/c1-3(2-6)4(7)8-5;;;;;;/h2,6H,1H3;;;;;;. The fraction of sp³-hybridized carbons (Fsp3) is 0.250. The van der Waals surface area contributed by atoms with Gasteiger partial charge < -0.3 is 9.40 Å². The molecule has 10 heavy (non-hydrogen) atoms. The van der Waals surface area contributed by atoms with Gasteiger partial charge in [-0.2, -0.15) is 0 Å². The van der Waals surface area contributed by atoms with E-state index in [1.54, 1.807) is 0 Å². The Kier molecular flexibility index (Phi) is 16.8. The van der Waals surface area contributed by atoms with Gasteiger partial charge in [-0.3, -0.25) is 0 Å². The zero-order valence-electron chi connectivity index (χ0n) is 4.22. The topological polar surface area (TPSA) is 46.5 Å². The van der Waals surface area contributed by atoms with Crippen molar-refractivity contribution in [2.45, 2.75) is 6.92 Å². The summed E-state index contributed by atoms with van der Waals surface area (Å²) in [6.07, 6.45) is 0.630. The monoisotopic (exact) mass is 190 g/mol. The van der Waals surface area contributed by atoms with Gasteiger partial charge in [0.05, 0.1) is 11.8 Å². The Bertz CT molecular complexity index is 128. The van der Waals surface area contributed by atoms with Gasteiger partial charge >= 0.3 is 35.5 Å². The SMILES string of the molecule is CC(=CO)C(=O)OCl.[AlH3].[NaH]. The molecule has 6 heteroatoms. The van der Waals surface area contributed by atoms with Crippen LogP contribution in [0.5, 0.6) is 0 Å². The molecule has 0 aliphatic carbocycles. The Labute approximate surface area is 97.0 Å². The summed E-state index contributed by atoms with van der Waals surface area (Å²) in [4.78, 5) is 10.2. The second-order valence-electron chi connectivity index (χ2n) is 1.18. The zero-order chi connectivity index (χ0) is 6.57. The van der Waals surface area contributed by atoms with E-state index < -0.39 is 5.97 Å². The maximum absolute atomic E-state index is 10.2. The molecule has 0 aromatic carbocycles. The van der Waals surface area contributed by atoms with E-state index in [9.17, 15) is 4.79 Å². The van der Waals surface area contributed by atoms with Crippen molar-refractivity contribution < 1.29 is 14.2 Å². The molecule has 3 nitrogen and oxygen atoms in total. The summed E-state index contributed by atoms with van der Waals surface area (Å²) < 4.78 is 3.71. The van der Waals surface area contributed by atoms with Crippen LogP contribution in [0.3, 0.4) is 0 Å². The first-order valence-electron chi connectivity index (χ1n) is 1.86. The van der Waals surface area contributed by atoms with Crippen LogP contribution in [0.4, 0.5) is 0 Å². The normalized spacial score (nSPS) is 8.80. The minimum absolute atomic E-state index is 0. The Morgan fingerprint density at radius 1 is 1.70 bits per heavy atom. The van der Waals surface area contributed by atoms with Gasteiger partial charge in [0, 0.05) is 0 Å². The van der Waals surface area contributed by atoms with Crippen LogP contribution in [0, 0.1) is 0 Å². The molecule has 54 valence electrons. The van der Waals surface area contributed by atoms with Gasteiger partial charge in [0.1, 0.15) is 11.9 Å². The summed E-state index contributed by atoms with van der Waals surface area (Å²) in [5.74, 6) is -0.742. The van der Waals surface area contributed by atoms with Crippen molar-refractivity contribution in [2.24, 2.45) is 0 Å². The van der Waals surface area contributed by atoms with E-state index in [4.69, 9.17) is 5.11 Å². The maximum atomic E-state index is 10.2. The molecule has 0 fully saturated rings. The van der Waals surface area contributed by atoms with Crippen LogP contribution in [0.1, 0.15) is 6.92 Å². The van der Waals surface area contributed by atoms with Crippen molar-refractivity contribution in [1.29, 1.82) is 0 Å². The van der Waals surface area contributed by atoms with Crippen molar-refractivity contribution in [1.82, 2.24) is 0 Å². The van der Waals surface area contributed by atoms with E-state index in [2.05, 4.69) is 16.2 Å². The van der Waals surface area contributed by atoms with Crippen molar-refractivity contribution in [3.63, 3.8) is 0 Å². The van der Waals surface area contributed by atoms with E-state index >= 15 is 0 Å². The average molecular weight is 191 g/mol. The van der Waals surface area contributed by atoms with Crippen LogP contribution in [0.25, 0.3) is 0 Å². The summed E-state index contributed by atoms with van der Waals surface area (Å²) in [5, 5.41) is 8.11. The van der Waals surface area contributed by atoms with Crippen LogP contribution >= 0.6 is 11.9 Å². The Morgan fingerprint density at radius 2 is 2.10 bits per heavy atom. The molecule has 0 aliphatic rings. The summed E-state index contributed by atoms with van der Waals surface area (Å²) >= 11 is 4.62. The fourth-order valence-corrected chi connectivity index (χ4v) is 0.235. The van der Waals surface area contributed by atoms with Crippen molar-refractivity contribution in [3.05, 3.63) is 11.8 Å². The van der Waals surface area contributed by atoms with Crippen LogP contribution in [0.2, 0.25) is 0 Å². The number of hydrogen-bond donors (Lipinski definition) is 1. The Balaban J connectivity index is -0.000000245. The number of aliphatic hydroxyl groups excluding tert-OH is 1. The van der Waals surface area contributed by atoms with Crippen LogP contribution in [0.15, 0.2) is 11.8 Å². The van der Waals surface area contributed by atoms with Crippen LogP contribution < -0.4 is 0 Å². The third-order valence-electron chi connectivity index (χ3n) is 0.586. The zero-order valence-corrected chi connectivity index (χ0v) is 4.97. The fourth-order valence-electron chi connectivity index (χ4n) is 0.114. The molecule has 0 rings (SSSR count). The van der Waals surface area contributed by atoms with E-state index in [-0.39, 0.29) is 52.5 Å². The molecule has 0 bridgehead atoms. The Morgan fingerprint density at radius 3 is 2.20 bits per heavy atom. The van der Waals surface area contributed by atoms with Crippen molar-refractivity contribution in [2.75, 3.05) is 0 Å². The van der Waals surface area contributed by atoms with Gasteiger partial charge in [-0.15, -0.1) is 0 Å². The van der Waals surface area contributed by atoms with E-state index in [0.29, 0.717) is 6.26 Å². The van der Waals surface area contributed by atoms with Gasteiger partial charge in [0.15, 0.2) is 17.4 Å². The van der Waals surface area contributed by atoms with E-state index in [0.717, 1.165) is 0 Å². The summed E-state index contributed by atoms with van der Waals surface area (Å²) in [6.45, 7) is 1.38. The third kappa shape index (κ3) is 6.95. The molecule has 0 saturated heterocycles. The number of hydrogen-bond acceptors (Lipinski definition) is 3. The molecule has 0 heterocycles. The number of aliphatic hydroxyl groups is 1. The van der Waals surface area contributed by atoms with Gasteiger partial charge in [0.25, 0.3) is 0 Å². The molecular weight excluding hydrogens is 181 g/mol. The predicted octanol–water partition coefficient (Wildman–Crippen LogP) is -0.687. The van der Waals surface area contributed by atoms with E-state index in [1.165, 1.54) is 6.92 Å². The molecule has 0 aromatic heterocycles. The quantitative estimate of drug-likeness (QED) is 0.338. The molecule has 0 unspecified atom stereocenters. The van der Waals surface area contributed by atoms with Crippen LogP contribution in [-0.4, -0.2) is 58.0 Å². The first-order chi connectivity index (χ1) is 3.72. The molecule has 0 radical (unpaired) electrons. The molecule has 0 amide bonds. The second-order valence-corrected chi connectivity index (χ2v) is 1.33. The van der Waals surface area contributed by atoms with Gasteiger partial charge in [0.2, 0.25) is 0 Å². The molecule has 0 spiro atoms. The molecular formula is C4H9AlClNaO3. The first-order valence-corrected chi connectivity index (χ1v) is 2.17. The van der Waals surface area contributed by atoms with Crippen molar-refractivity contribution >= 4 is 64.8 Å². The predicted molar refractivity (Wildman–Crippen MR) is 45.4 cm³/mol.